The largest absolute Gasteiger partial charge is 0.271 e. The Bertz CT molecular complexity index is 947. The number of non-ortho nitro benzene ring substituents is 2. The Kier molecular flexibility index (Phi) is 5.24. The maximum Gasteiger partial charge on any atom is 0.271 e. The number of rotatable bonds is 6. The van der Waals surface area contributed by atoms with Gasteiger partial charge in [0.15, 0.2) is 0 Å². The Morgan fingerprint density at radius 3 is 2.20 bits per heavy atom. The zero-order valence-corrected chi connectivity index (χ0v) is 14.4. The molecular weight excluding hydrogens is 374 g/mol. The molecule has 11 heteroatoms. The highest BCUT2D eigenvalue weighted by Crippen LogP contribution is 2.34. The summed E-state index contributed by atoms with van der Waals surface area (Å²) in [6, 6.07) is 7.95. The van der Waals surface area contributed by atoms with E-state index >= 15 is 0 Å². The van der Waals surface area contributed by atoms with Crippen molar-refractivity contribution < 1.29 is 18.3 Å². The van der Waals surface area contributed by atoms with Crippen LogP contribution in [-0.2, 0) is 10.0 Å². The summed E-state index contributed by atoms with van der Waals surface area (Å²) >= 11 is 6.01. The second kappa shape index (κ2) is 7.03. The highest BCUT2D eigenvalue weighted by Gasteiger charge is 2.28. The monoisotopic (exact) mass is 385 g/mol. The van der Waals surface area contributed by atoms with Gasteiger partial charge in [0.25, 0.3) is 21.4 Å². The fourth-order valence-corrected chi connectivity index (χ4v) is 3.95. The minimum absolute atomic E-state index is 0.00135. The molecule has 0 amide bonds. The third-order valence-corrected chi connectivity index (χ3v) is 5.52. The molecule has 0 heterocycles. The molecule has 0 aliphatic heterocycles. The predicted octanol–water partition coefficient (Wildman–Crippen LogP) is 3.37. The smallest absolute Gasteiger partial charge is 0.265 e. The number of sulfonamides is 1. The van der Waals surface area contributed by atoms with Gasteiger partial charge in [-0.15, -0.1) is 0 Å². The van der Waals surface area contributed by atoms with Gasteiger partial charge in [-0.05, 0) is 19.1 Å². The molecule has 0 atom stereocenters. The lowest BCUT2D eigenvalue weighted by Gasteiger charge is -2.23. The van der Waals surface area contributed by atoms with E-state index in [1.165, 1.54) is 25.1 Å². The van der Waals surface area contributed by atoms with Crippen LogP contribution in [0.1, 0.15) is 6.92 Å². The van der Waals surface area contributed by atoms with Crippen LogP contribution in [0, 0.1) is 20.2 Å². The molecule has 0 saturated heterocycles. The van der Waals surface area contributed by atoms with Crippen molar-refractivity contribution in [2.45, 2.75) is 11.8 Å². The summed E-state index contributed by atoms with van der Waals surface area (Å²) in [6.07, 6.45) is 0. The lowest BCUT2D eigenvalue weighted by Crippen LogP contribution is -2.31. The van der Waals surface area contributed by atoms with E-state index in [2.05, 4.69) is 0 Å². The number of hydrogen-bond donors (Lipinski definition) is 0. The van der Waals surface area contributed by atoms with E-state index in [-0.39, 0.29) is 33.5 Å². The first-order valence-electron chi connectivity index (χ1n) is 6.89. The summed E-state index contributed by atoms with van der Waals surface area (Å²) < 4.78 is 26.6. The third-order valence-electron chi connectivity index (χ3n) is 3.31. The summed E-state index contributed by atoms with van der Waals surface area (Å²) in [7, 11) is -4.20. The van der Waals surface area contributed by atoms with Crippen molar-refractivity contribution in [3.63, 3.8) is 0 Å². The minimum Gasteiger partial charge on any atom is -0.265 e. The molecule has 0 fully saturated rings. The molecule has 0 radical (unpaired) electrons. The van der Waals surface area contributed by atoms with Gasteiger partial charge >= 0.3 is 0 Å². The third kappa shape index (κ3) is 3.69. The highest BCUT2D eigenvalue weighted by molar-refractivity contribution is 7.92. The summed E-state index contributed by atoms with van der Waals surface area (Å²) in [6.45, 7) is 1.44. The second-order valence-corrected chi connectivity index (χ2v) is 7.09. The van der Waals surface area contributed by atoms with Crippen LogP contribution in [-0.4, -0.2) is 24.8 Å². The molecule has 25 heavy (non-hydrogen) atoms. The number of nitro benzene ring substituents is 2. The van der Waals surface area contributed by atoms with Crippen LogP contribution in [0.2, 0.25) is 5.02 Å². The van der Waals surface area contributed by atoms with Crippen molar-refractivity contribution in [3.8, 4) is 0 Å². The maximum atomic E-state index is 12.8. The fraction of sp³-hybridized carbons (Fsp3) is 0.143. The number of nitrogens with zero attached hydrogens (tertiary/aromatic N) is 3. The second-order valence-electron chi connectivity index (χ2n) is 4.82. The van der Waals surface area contributed by atoms with Gasteiger partial charge < -0.3 is 0 Å². The molecule has 0 saturated carbocycles. The molecule has 0 aromatic heterocycles. The normalized spacial score (nSPS) is 11.1. The van der Waals surface area contributed by atoms with Crippen LogP contribution >= 0.6 is 11.6 Å². The van der Waals surface area contributed by atoms with Gasteiger partial charge in [0, 0.05) is 30.8 Å². The minimum atomic E-state index is -4.20. The topological polar surface area (TPSA) is 124 Å². The number of anilines is 1. The molecule has 0 N–H and O–H groups in total. The zero-order chi connectivity index (χ0) is 18.8. The Hall–Kier alpha value is -2.72. The number of nitro groups is 2. The standard InChI is InChI=1S/C14H12ClN3O6S/c1-2-16(14-9-11(18(21)22)6-7-13(14)15)25(23,24)12-5-3-4-10(8-12)17(19)20/h3-9H,2H2,1H3. The van der Waals surface area contributed by atoms with Gasteiger partial charge in [-0.3, -0.25) is 24.5 Å². The molecule has 9 nitrogen and oxygen atoms in total. The molecule has 2 aromatic rings. The molecule has 2 aromatic carbocycles. The number of hydrogen-bond acceptors (Lipinski definition) is 6. The SMILES string of the molecule is CCN(c1cc([N+](=O)[O-])ccc1Cl)S(=O)(=O)c1cccc([N+](=O)[O-])c1. The molecule has 0 aliphatic carbocycles. The van der Waals surface area contributed by atoms with Gasteiger partial charge in [0.05, 0.1) is 25.5 Å². The van der Waals surface area contributed by atoms with Crippen LogP contribution in [0.4, 0.5) is 17.1 Å². The van der Waals surface area contributed by atoms with Gasteiger partial charge in [-0.25, -0.2) is 8.42 Å². The number of benzene rings is 2. The summed E-state index contributed by atoms with van der Waals surface area (Å²) in [4.78, 5) is 20.1. The van der Waals surface area contributed by atoms with E-state index in [9.17, 15) is 28.6 Å². The average molecular weight is 386 g/mol. The molecular formula is C14H12ClN3O6S. The first kappa shape index (κ1) is 18.6. The Labute approximate surface area is 147 Å². The molecule has 0 bridgehead atoms. The van der Waals surface area contributed by atoms with Gasteiger partial charge in [-0.2, -0.15) is 0 Å². The highest BCUT2D eigenvalue weighted by atomic mass is 35.5. The van der Waals surface area contributed by atoms with E-state index in [4.69, 9.17) is 11.6 Å². The van der Waals surface area contributed by atoms with E-state index in [0.29, 0.717) is 0 Å². The van der Waals surface area contributed by atoms with Crippen LogP contribution < -0.4 is 4.31 Å². The molecule has 0 aliphatic rings. The summed E-state index contributed by atoms with van der Waals surface area (Å²) in [5.41, 5.74) is -0.792. The average Bonchev–Trinajstić information content (AvgIpc) is 2.56. The molecule has 132 valence electrons. The first-order chi connectivity index (χ1) is 11.7. The molecule has 0 unspecified atom stereocenters. The number of halogens is 1. The predicted molar refractivity (Wildman–Crippen MR) is 91.4 cm³/mol. The fourth-order valence-electron chi connectivity index (χ4n) is 2.16. The summed E-state index contributed by atoms with van der Waals surface area (Å²) in [5.74, 6) is 0. The van der Waals surface area contributed by atoms with Crippen LogP contribution in [0.5, 0.6) is 0 Å². The van der Waals surface area contributed by atoms with Crippen molar-refractivity contribution in [2.75, 3.05) is 10.8 Å². The quantitative estimate of drug-likeness (QED) is 0.554. The van der Waals surface area contributed by atoms with E-state index in [1.54, 1.807) is 0 Å². The Morgan fingerprint density at radius 1 is 1.04 bits per heavy atom. The zero-order valence-electron chi connectivity index (χ0n) is 12.8. The van der Waals surface area contributed by atoms with E-state index in [1.807, 2.05) is 0 Å². The van der Waals surface area contributed by atoms with Crippen molar-refractivity contribution in [1.82, 2.24) is 0 Å². The lowest BCUT2D eigenvalue weighted by molar-refractivity contribution is -0.385. The molecule has 2 rings (SSSR count). The Morgan fingerprint density at radius 2 is 1.64 bits per heavy atom. The van der Waals surface area contributed by atoms with Gasteiger partial charge in [0.1, 0.15) is 0 Å². The van der Waals surface area contributed by atoms with Crippen LogP contribution in [0.15, 0.2) is 47.4 Å². The van der Waals surface area contributed by atoms with Gasteiger partial charge in [-0.1, -0.05) is 17.7 Å². The van der Waals surface area contributed by atoms with Crippen molar-refractivity contribution in [2.24, 2.45) is 0 Å². The van der Waals surface area contributed by atoms with Crippen molar-refractivity contribution in [3.05, 3.63) is 67.7 Å². The Balaban J connectivity index is 2.60. The van der Waals surface area contributed by atoms with Crippen molar-refractivity contribution in [1.29, 1.82) is 0 Å². The summed E-state index contributed by atoms with van der Waals surface area (Å²) in [5, 5.41) is 21.8. The van der Waals surface area contributed by atoms with Gasteiger partial charge in [0.2, 0.25) is 0 Å². The van der Waals surface area contributed by atoms with E-state index in [0.717, 1.165) is 28.6 Å². The van der Waals surface area contributed by atoms with Crippen LogP contribution in [0.25, 0.3) is 0 Å². The van der Waals surface area contributed by atoms with Crippen LogP contribution in [0.3, 0.4) is 0 Å². The lowest BCUT2D eigenvalue weighted by atomic mass is 10.3. The maximum absolute atomic E-state index is 12.8. The van der Waals surface area contributed by atoms with E-state index < -0.39 is 19.9 Å². The van der Waals surface area contributed by atoms with Crippen molar-refractivity contribution >= 4 is 38.7 Å². The molecule has 0 spiro atoms. The first-order valence-corrected chi connectivity index (χ1v) is 8.71.